The number of carbonyl (C=O) groups is 1. The van der Waals surface area contributed by atoms with Crippen LogP contribution in [0, 0.1) is 5.92 Å². The highest BCUT2D eigenvalue weighted by Gasteiger charge is 2.53. The minimum atomic E-state index is -0.449. The minimum Gasteiger partial charge on any atom is -0.444 e. The van der Waals surface area contributed by atoms with E-state index in [1.165, 1.54) is 0 Å². The Bertz CT molecular complexity index is 259. The Kier molecular flexibility index (Phi) is 2.00. The van der Waals surface area contributed by atoms with Gasteiger partial charge in [-0.15, -0.1) is 0 Å². The van der Waals surface area contributed by atoms with Crippen LogP contribution in [0.3, 0.4) is 0 Å². The molecule has 3 fully saturated rings. The van der Waals surface area contributed by atoms with Crippen LogP contribution in [0.15, 0.2) is 0 Å². The molecule has 2 aliphatic heterocycles. The highest BCUT2D eigenvalue weighted by atomic mass is 16.6. The van der Waals surface area contributed by atoms with Gasteiger partial charge in [-0.2, -0.15) is 0 Å². The third-order valence-corrected chi connectivity index (χ3v) is 2.88. The maximum absolute atomic E-state index is 11.6. The fraction of sp³-hybridized carbons (Fsp3) is 0.900. The summed E-state index contributed by atoms with van der Waals surface area (Å²) in [5, 5.41) is 9.52. The molecule has 3 rings (SSSR count). The van der Waals surface area contributed by atoms with Gasteiger partial charge in [-0.25, -0.2) is 4.79 Å². The standard InChI is InChI=1S/C10H17NO3/c1-10(2,3)14-9(13)11-5-6-4-7(11)8(6)12/h6-8,12H,4-5H2,1-3H3/t6-,7-,8-/m0/s1. The van der Waals surface area contributed by atoms with Gasteiger partial charge < -0.3 is 14.7 Å². The van der Waals surface area contributed by atoms with Crippen molar-refractivity contribution in [3.05, 3.63) is 0 Å². The van der Waals surface area contributed by atoms with E-state index in [0.717, 1.165) is 6.42 Å². The molecule has 14 heavy (non-hydrogen) atoms. The first kappa shape index (κ1) is 9.77. The summed E-state index contributed by atoms with van der Waals surface area (Å²) in [5.74, 6) is 0.285. The molecule has 0 aromatic heterocycles. The number of aliphatic hydroxyl groups excluding tert-OH is 1. The lowest BCUT2D eigenvalue weighted by atomic mass is 9.83. The number of ether oxygens (including phenoxy) is 1. The van der Waals surface area contributed by atoms with Gasteiger partial charge in [0.05, 0.1) is 12.1 Å². The predicted octanol–water partition coefficient (Wildman–Crippen LogP) is 0.986. The van der Waals surface area contributed by atoms with Gasteiger partial charge in [-0.05, 0) is 27.2 Å². The Morgan fingerprint density at radius 2 is 2.14 bits per heavy atom. The summed E-state index contributed by atoms with van der Waals surface area (Å²) in [6.07, 6.45) is 0.324. The summed E-state index contributed by atoms with van der Waals surface area (Å²) in [4.78, 5) is 13.3. The fourth-order valence-electron chi connectivity index (χ4n) is 2.12. The van der Waals surface area contributed by atoms with Crippen molar-refractivity contribution in [2.24, 2.45) is 5.92 Å². The molecule has 4 nitrogen and oxygen atoms in total. The molecule has 0 spiro atoms. The van der Waals surface area contributed by atoms with E-state index < -0.39 is 5.60 Å². The Hall–Kier alpha value is -0.770. The Balaban J connectivity index is 1.94. The molecular formula is C10H17NO3. The Morgan fingerprint density at radius 3 is 2.50 bits per heavy atom. The average molecular weight is 199 g/mol. The van der Waals surface area contributed by atoms with Crippen LogP contribution >= 0.6 is 0 Å². The number of hydrogen-bond donors (Lipinski definition) is 1. The van der Waals surface area contributed by atoms with Gasteiger partial charge in [0.15, 0.2) is 0 Å². The molecule has 4 heteroatoms. The van der Waals surface area contributed by atoms with Crippen LogP contribution in [0.2, 0.25) is 0 Å². The molecule has 1 amide bonds. The molecular weight excluding hydrogens is 182 g/mol. The zero-order chi connectivity index (χ0) is 10.5. The van der Waals surface area contributed by atoms with Crippen molar-refractivity contribution < 1.29 is 14.6 Å². The molecule has 0 aromatic rings. The summed E-state index contributed by atoms with van der Waals surface area (Å²) >= 11 is 0. The lowest BCUT2D eigenvalue weighted by molar-refractivity contribution is -0.00231. The van der Waals surface area contributed by atoms with E-state index in [-0.39, 0.29) is 24.2 Å². The second-order valence-corrected chi connectivity index (χ2v) is 5.19. The van der Waals surface area contributed by atoms with Crippen LogP contribution < -0.4 is 0 Å². The quantitative estimate of drug-likeness (QED) is 0.633. The largest absolute Gasteiger partial charge is 0.444 e. The molecule has 0 radical (unpaired) electrons. The number of rotatable bonds is 0. The molecule has 2 bridgehead atoms. The van der Waals surface area contributed by atoms with Crippen molar-refractivity contribution in [3.8, 4) is 0 Å². The molecule has 0 unspecified atom stereocenters. The topological polar surface area (TPSA) is 49.8 Å². The summed E-state index contributed by atoms with van der Waals surface area (Å²) in [6.45, 7) is 6.20. The fourth-order valence-corrected chi connectivity index (χ4v) is 2.12. The van der Waals surface area contributed by atoms with Gasteiger partial charge in [0.2, 0.25) is 0 Å². The van der Waals surface area contributed by atoms with Crippen LogP contribution in [0.5, 0.6) is 0 Å². The number of aliphatic hydroxyl groups is 1. The monoisotopic (exact) mass is 199 g/mol. The van der Waals surface area contributed by atoms with Crippen molar-refractivity contribution in [1.82, 2.24) is 4.90 Å². The molecule has 1 aliphatic carbocycles. The van der Waals surface area contributed by atoms with Crippen LogP contribution in [0.25, 0.3) is 0 Å². The lowest BCUT2D eigenvalue weighted by Gasteiger charge is -2.32. The van der Waals surface area contributed by atoms with Crippen molar-refractivity contribution in [1.29, 1.82) is 0 Å². The molecule has 1 saturated carbocycles. The van der Waals surface area contributed by atoms with Crippen molar-refractivity contribution in [2.75, 3.05) is 6.54 Å². The average Bonchev–Trinajstić information content (AvgIpc) is 2.55. The summed E-state index contributed by atoms with van der Waals surface area (Å²) in [6, 6.07) is 0.00912. The number of nitrogens with zero attached hydrogens (tertiary/aromatic N) is 1. The van der Waals surface area contributed by atoms with E-state index >= 15 is 0 Å². The third-order valence-electron chi connectivity index (χ3n) is 2.88. The van der Waals surface area contributed by atoms with Crippen molar-refractivity contribution in [3.63, 3.8) is 0 Å². The predicted molar refractivity (Wildman–Crippen MR) is 50.8 cm³/mol. The van der Waals surface area contributed by atoms with E-state index in [4.69, 9.17) is 4.74 Å². The first-order valence-electron chi connectivity index (χ1n) is 5.06. The molecule has 80 valence electrons. The van der Waals surface area contributed by atoms with E-state index in [1.807, 2.05) is 20.8 Å². The highest BCUT2D eigenvalue weighted by Crippen LogP contribution is 2.41. The molecule has 3 aliphatic rings. The van der Waals surface area contributed by atoms with Crippen molar-refractivity contribution in [2.45, 2.75) is 44.9 Å². The van der Waals surface area contributed by atoms with Gasteiger partial charge in [-0.1, -0.05) is 0 Å². The Labute approximate surface area is 83.8 Å². The van der Waals surface area contributed by atoms with E-state index in [2.05, 4.69) is 0 Å². The second-order valence-electron chi connectivity index (χ2n) is 5.19. The van der Waals surface area contributed by atoms with Crippen molar-refractivity contribution >= 4 is 6.09 Å². The number of hydrogen-bond acceptors (Lipinski definition) is 3. The molecule has 0 aromatic carbocycles. The van der Waals surface area contributed by atoms with E-state index in [0.29, 0.717) is 6.54 Å². The maximum atomic E-state index is 11.6. The molecule has 3 atom stereocenters. The second kappa shape index (κ2) is 2.86. The molecule has 2 saturated heterocycles. The Morgan fingerprint density at radius 1 is 1.50 bits per heavy atom. The highest BCUT2D eigenvalue weighted by molar-refractivity contribution is 5.69. The van der Waals surface area contributed by atoms with Crippen LogP contribution in [0.1, 0.15) is 27.2 Å². The summed E-state index contributed by atoms with van der Waals surface area (Å²) in [5.41, 5.74) is -0.449. The smallest absolute Gasteiger partial charge is 0.410 e. The van der Waals surface area contributed by atoms with Gasteiger partial charge in [0.1, 0.15) is 5.60 Å². The zero-order valence-electron chi connectivity index (χ0n) is 8.86. The number of fused-ring (bicyclic) bond motifs is 1. The first-order valence-corrected chi connectivity index (χ1v) is 5.06. The maximum Gasteiger partial charge on any atom is 0.410 e. The van der Waals surface area contributed by atoms with Gasteiger partial charge in [0.25, 0.3) is 0 Å². The van der Waals surface area contributed by atoms with Gasteiger partial charge >= 0.3 is 6.09 Å². The van der Waals surface area contributed by atoms with Crippen LogP contribution in [-0.2, 0) is 4.74 Å². The number of carbonyl (C=O) groups excluding carboxylic acids is 1. The third kappa shape index (κ3) is 1.47. The minimum absolute atomic E-state index is 0.00912. The lowest BCUT2D eigenvalue weighted by Crippen LogP contribution is -2.46. The van der Waals surface area contributed by atoms with Crippen LogP contribution in [0.4, 0.5) is 4.79 Å². The normalized spacial score (nSPS) is 35.4. The summed E-state index contributed by atoms with van der Waals surface area (Å²) in [7, 11) is 0. The molecule has 1 N–H and O–H groups in total. The first-order chi connectivity index (χ1) is 6.38. The van der Waals surface area contributed by atoms with Crippen LogP contribution in [-0.4, -0.2) is 40.4 Å². The summed E-state index contributed by atoms with van der Waals surface area (Å²) < 4.78 is 5.24. The van der Waals surface area contributed by atoms with E-state index in [9.17, 15) is 9.90 Å². The van der Waals surface area contributed by atoms with Gasteiger partial charge in [-0.3, -0.25) is 0 Å². The number of amides is 1. The molecule has 2 heterocycles. The van der Waals surface area contributed by atoms with Gasteiger partial charge in [0, 0.05) is 12.5 Å². The zero-order valence-corrected chi connectivity index (χ0v) is 8.86. The van der Waals surface area contributed by atoms with E-state index in [1.54, 1.807) is 4.90 Å². The SMILES string of the molecule is CC(C)(C)OC(=O)N1C[C@@H]2C[C@H]1[C@H]2O.